The van der Waals surface area contributed by atoms with Crippen LogP contribution < -0.4 is 10.1 Å². The van der Waals surface area contributed by atoms with Gasteiger partial charge in [0, 0.05) is 0 Å². The Morgan fingerprint density at radius 1 is 1.38 bits per heavy atom. The van der Waals surface area contributed by atoms with Crippen LogP contribution >= 0.6 is 0 Å². The molecule has 68 valence electrons. The number of carboxylic acid groups (broad SMARTS) is 1. The van der Waals surface area contributed by atoms with Crippen LogP contribution in [0.5, 0.6) is 0 Å². The van der Waals surface area contributed by atoms with Crippen LogP contribution in [0.3, 0.4) is 0 Å². The Bertz CT molecular complexity index is 321. The molecule has 0 aliphatic carbocycles. The number of anilines is 1. The summed E-state index contributed by atoms with van der Waals surface area (Å²) in [6.45, 7) is 0. The zero-order chi connectivity index (χ0) is 9.68. The van der Waals surface area contributed by atoms with Gasteiger partial charge in [-0.25, -0.2) is 0 Å². The van der Waals surface area contributed by atoms with Crippen LogP contribution in [0.25, 0.3) is 0 Å². The van der Waals surface area contributed by atoms with Gasteiger partial charge in [-0.3, -0.25) is 0 Å². The fourth-order valence-corrected chi connectivity index (χ4v) is 7.38. The molecule has 3 nitrogen and oxygen atoms in total. The number of aliphatic carboxylic acids is 1. The van der Waals surface area contributed by atoms with E-state index in [1.807, 2.05) is 24.3 Å². The molecule has 3 N–H and O–H groups in total. The fourth-order valence-electron chi connectivity index (χ4n) is 0.718. The van der Waals surface area contributed by atoms with E-state index in [1.165, 1.54) is 4.35 Å². The molecule has 0 unspecified atom stereocenters. The van der Waals surface area contributed by atoms with Crippen molar-refractivity contribution in [3.05, 3.63) is 24.3 Å². The molecular formula is C8H9As2NO2. The topological polar surface area (TPSA) is 63.3 Å². The van der Waals surface area contributed by atoms with Gasteiger partial charge in [0.25, 0.3) is 0 Å². The van der Waals surface area contributed by atoms with Gasteiger partial charge < -0.3 is 0 Å². The summed E-state index contributed by atoms with van der Waals surface area (Å²) in [5.41, 5.74) is 6.29. The Kier molecular flexibility index (Phi) is 4.41. The third-order valence-corrected chi connectivity index (χ3v) is 9.16. The maximum atomic E-state index is 10.3. The number of carboxylic acids is 1. The molecule has 0 aliphatic heterocycles. The number of nitrogens with two attached hydrogens (primary N) is 1. The quantitative estimate of drug-likeness (QED) is 0.596. The summed E-state index contributed by atoms with van der Waals surface area (Å²) >= 11 is 0.0646. The summed E-state index contributed by atoms with van der Waals surface area (Å²) in [6, 6.07) is 7.72. The monoisotopic (exact) mass is 301 g/mol. The Morgan fingerprint density at radius 3 is 2.54 bits per heavy atom. The van der Waals surface area contributed by atoms with Crippen molar-refractivity contribution in [2.45, 2.75) is 5.21 Å². The number of benzene rings is 1. The molecule has 0 radical (unpaired) electrons. The van der Waals surface area contributed by atoms with E-state index in [4.69, 9.17) is 10.8 Å². The molecular weight excluding hydrogens is 292 g/mol. The average Bonchev–Trinajstić information content (AvgIpc) is 2.08. The Hall–Kier alpha value is -0.393. The first-order valence-electron chi connectivity index (χ1n) is 3.63. The van der Waals surface area contributed by atoms with E-state index in [0.717, 1.165) is 5.69 Å². The van der Waals surface area contributed by atoms with Gasteiger partial charge in [-0.1, -0.05) is 0 Å². The molecule has 5 heteroatoms. The summed E-state index contributed by atoms with van der Waals surface area (Å²) in [5.74, 6) is -0.675. The molecule has 0 bridgehead atoms. The van der Waals surface area contributed by atoms with Crippen LogP contribution in [0, 0.1) is 0 Å². The van der Waals surface area contributed by atoms with Gasteiger partial charge >= 0.3 is 87.4 Å². The molecule has 0 heterocycles. The van der Waals surface area contributed by atoms with Gasteiger partial charge in [0.2, 0.25) is 0 Å². The van der Waals surface area contributed by atoms with Gasteiger partial charge in [-0.15, -0.1) is 0 Å². The number of carbonyl (C=O) groups is 1. The first-order chi connectivity index (χ1) is 6.18. The summed E-state index contributed by atoms with van der Waals surface area (Å²) in [7, 11) is 0. The number of hydrogen-bond acceptors (Lipinski definition) is 2. The number of hydrogen-bond donors (Lipinski definition) is 2. The Balaban J connectivity index is 2.59. The normalized spacial score (nSPS) is 10.5. The molecule has 13 heavy (non-hydrogen) atoms. The van der Waals surface area contributed by atoms with Crippen molar-refractivity contribution in [3.8, 4) is 0 Å². The second kappa shape index (κ2) is 5.36. The van der Waals surface area contributed by atoms with Gasteiger partial charge in [-0.2, -0.15) is 0 Å². The Labute approximate surface area is 87.3 Å². The molecule has 0 fully saturated rings. The minimum absolute atomic E-state index is 0.0141. The SMILES string of the molecule is Nc1ccc([As]=[As]CC(=O)O)cc1. The Morgan fingerprint density at radius 2 is 2.00 bits per heavy atom. The van der Waals surface area contributed by atoms with Crippen LogP contribution in [0.1, 0.15) is 0 Å². The summed E-state index contributed by atoms with van der Waals surface area (Å²) in [4.78, 5) is 10.3. The van der Waals surface area contributed by atoms with Crippen molar-refractivity contribution in [2.24, 2.45) is 0 Å². The molecule has 1 aromatic carbocycles. The zero-order valence-corrected chi connectivity index (χ0v) is 10.6. The number of rotatable bonds is 3. The average molecular weight is 301 g/mol. The first-order valence-corrected chi connectivity index (χ1v) is 11.1. The van der Waals surface area contributed by atoms with Gasteiger partial charge in [0.1, 0.15) is 0 Å². The van der Waals surface area contributed by atoms with Crippen LogP contribution in [-0.2, 0) is 4.79 Å². The third kappa shape index (κ3) is 4.40. The second-order valence-corrected chi connectivity index (χ2v) is 10.4. The second-order valence-electron chi connectivity index (χ2n) is 2.38. The van der Waals surface area contributed by atoms with Crippen molar-refractivity contribution in [1.82, 2.24) is 0 Å². The van der Waals surface area contributed by atoms with Gasteiger partial charge in [0.05, 0.1) is 0 Å². The zero-order valence-electron chi connectivity index (χ0n) is 6.84. The van der Waals surface area contributed by atoms with Crippen LogP contribution in [0.4, 0.5) is 5.69 Å². The molecule has 1 aromatic rings. The van der Waals surface area contributed by atoms with E-state index in [9.17, 15) is 4.79 Å². The predicted octanol–water partition coefficient (Wildman–Crippen LogP) is -0.280. The van der Waals surface area contributed by atoms with Gasteiger partial charge in [-0.05, 0) is 0 Å². The van der Waals surface area contributed by atoms with Crippen molar-refractivity contribution in [3.63, 3.8) is 0 Å². The third-order valence-electron chi connectivity index (χ3n) is 1.29. The molecule has 0 spiro atoms. The summed E-state index contributed by atoms with van der Waals surface area (Å²) in [5, 5.41) is 8.82. The van der Waals surface area contributed by atoms with Crippen LogP contribution in [0.2, 0.25) is 5.21 Å². The standard InChI is InChI=1S/C8H9As2NO2/c11-7-3-1-6(2-4-7)10-9-5-8(12)13/h1-4H,5,11H2,(H,12,13). The van der Waals surface area contributed by atoms with Crippen molar-refractivity contribution >= 4 is 42.3 Å². The fraction of sp³-hybridized carbons (Fsp3) is 0.125. The van der Waals surface area contributed by atoms with E-state index in [2.05, 4.69) is 0 Å². The summed E-state index contributed by atoms with van der Waals surface area (Å²) in [6.07, 6.45) is 0. The minimum atomic E-state index is -0.675. The molecule has 0 amide bonds. The van der Waals surface area contributed by atoms with E-state index in [1.54, 1.807) is 0 Å². The van der Waals surface area contributed by atoms with E-state index >= 15 is 0 Å². The van der Waals surface area contributed by atoms with E-state index in [-0.39, 0.29) is 26.3 Å². The molecule has 0 atom stereocenters. The van der Waals surface area contributed by atoms with E-state index < -0.39 is 5.97 Å². The molecule has 0 aliphatic rings. The maximum absolute atomic E-state index is 10.3. The summed E-state index contributed by atoms with van der Waals surface area (Å²) < 4.78 is 1.27. The van der Waals surface area contributed by atoms with Crippen LogP contribution in [0.15, 0.2) is 24.3 Å². The van der Waals surface area contributed by atoms with Crippen LogP contribution in [-0.4, -0.2) is 37.4 Å². The molecule has 0 aromatic heterocycles. The first kappa shape index (κ1) is 10.7. The van der Waals surface area contributed by atoms with E-state index in [0.29, 0.717) is 5.21 Å². The molecule has 1 rings (SSSR count). The van der Waals surface area contributed by atoms with Crippen molar-refractivity contribution < 1.29 is 9.90 Å². The van der Waals surface area contributed by atoms with Crippen molar-refractivity contribution in [1.29, 1.82) is 0 Å². The predicted molar refractivity (Wildman–Crippen MR) is 54.4 cm³/mol. The molecule has 0 saturated carbocycles. The number of nitrogen functional groups attached to an aromatic ring is 1. The van der Waals surface area contributed by atoms with Crippen molar-refractivity contribution in [2.75, 3.05) is 5.73 Å². The molecule has 0 saturated heterocycles. The van der Waals surface area contributed by atoms with Gasteiger partial charge in [0.15, 0.2) is 0 Å².